The Hall–Kier alpha value is -7.18. The lowest BCUT2D eigenvalue weighted by molar-refractivity contribution is 0.476. The molecule has 0 amide bonds. The fourth-order valence-electron chi connectivity index (χ4n) is 9.02. The van der Waals surface area contributed by atoms with Gasteiger partial charge in [-0.25, -0.2) is 0 Å². The van der Waals surface area contributed by atoms with Gasteiger partial charge in [0.1, 0.15) is 11.5 Å². The predicted octanol–water partition coefficient (Wildman–Crippen LogP) is 11.7. The molecule has 4 aliphatic heterocycles. The second-order valence-corrected chi connectivity index (χ2v) is 14.1. The molecule has 0 bridgehead atoms. The fraction of sp³-hybridized carbons (Fsp3) is 0. The first kappa shape index (κ1) is 29.4. The molecule has 54 heavy (non-hydrogen) atoms. The van der Waals surface area contributed by atoms with E-state index < -0.39 is 0 Å². The van der Waals surface area contributed by atoms with Gasteiger partial charge >= 0.3 is 6.85 Å². The molecule has 0 fully saturated rings. The van der Waals surface area contributed by atoms with Crippen LogP contribution in [-0.2, 0) is 0 Å². The highest BCUT2D eigenvalue weighted by molar-refractivity contribution is 6.94. The van der Waals surface area contributed by atoms with Gasteiger partial charge < -0.3 is 24.1 Å². The van der Waals surface area contributed by atoms with E-state index in [-0.39, 0.29) is 6.85 Å². The van der Waals surface area contributed by atoms with Crippen LogP contribution in [0, 0.1) is 0 Å². The van der Waals surface area contributed by atoms with Crippen LogP contribution in [0.4, 0.5) is 45.5 Å². The first-order valence-electron chi connectivity index (χ1n) is 18.4. The zero-order valence-electron chi connectivity index (χ0n) is 29.1. The highest BCUT2D eigenvalue weighted by Gasteiger charge is 2.51. The lowest BCUT2D eigenvalue weighted by atomic mass is 9.42. The number of hydrogen-bond acceptors (Lipinski definition) is 5. The van der Waals surface area contributed by atoms with Crippen molar-refractivity contribution in [2.75, 3.05) is 14.6 Å². The third-order valence-corrected chi connectivity index (χ3v) is 11.1. The van der Waals surface area contributed by atoms with Gasteiger partial charge in [-0.1, -0.05) is 97.1 Å². The van der Waals surface area contributed by atoms with Crippen LogP contribution in [0.5, 0.6) is 23.0 Å². The minimum Gasteiger partial charge on any atom is -0.458 e. The molecule has 0 spiro atoms. The van der Waals surface area contributed by atoms with Crippen molar-refractivity contribution in [2.24, 2.45) is 0 Å². The third-order valence-electron chi connectivity index (χ3n) is 11.1. The van der Waals surface area contributed by atoms with Crippen LogP contribution < -0.4 is 35.0 Å². The molecule has 0 unspecified atom stereocenters. The van der Waals surface area contributed by atoms with Crippen molar-refractivity contribution in [2.45, 2.75) is 0 Å². The van der Waals surface area contributed by atoms with Crippen LogP contribution in [0.25, 0.3) is 22.3 Å². The summed E-state index contributed by atoms with van der Waals surface area (Å²) in [6, 6.07) is 64.3. The van der Waals surface area contributed by atoms with Gasteiger partial charge in [-0.3, -0.25) is 0 Å². The zero-order chi connectivity index (χ0) is 35.3. The summed E-state index contributed by atoms with van der Waals surface area (Å²) in [6.45, 7) is -0.0621. The largest absolute Gasteiger partial charge is 0.458 e. The molecule has 0 aliphatic carbocycles. The van der Waals surface area contributed by atoms with Gasteiger partial charge in [-0.05, 0) is 83.9 Å². The van der Waals surface area contributed by atoms with Crippen LogP contribution in [0.1, 0.15) is 0 Å². The molecule has 8 aromatic rings. The van der Waals surface area contributed by atoms with Crippen molar-refractivity contribution in [3.8, 4) is 45.3 Å². The number of para-hydroxylation sites is 4. The van der Waals surface area contributed by atoms with Crippen LogP contribution in [0.3, 0.4) is 0 Å². The van der Waals surface area contributed by atoms with E-state index in [1.54, 1.807) is 0 Å². The summed E-state index contributed by atoms with van der Waals surface area (Å²) >= 11 is 0. The summed E-state index contributed by atoms with van der Waals surface area (Å²) in [5.74, 6) is 3.44. The van der Waals surface area contributed by atoms with E-state index in [0.717, 1.165) is 79.6 Å². The molecule has 0 saturated heterocycles. The molecule has 4 aliphatic rings. The summed E-state index contributed by atoms with van der Waals surface area (Å²) in [6.07, 6.45) is 0. The summed E-state index contributed by atoms with van der Waals surface area (Å²) in [7, 11) is 0. The van der Waals surface area contributed by atoms with Crippen molar-refractivity contribution in [3.63, 3.8) is 0 Å². The van der Waals surface area contributed by atoms with Gasteiger partial charge in [0.25, 0.3) is 0 Å². The molecule has 0 aromatic heterocycles. The lowest BCUT2D eigenvalue weighted by Gasteiger charge is -2.49. The standard InChI is InChI=1S/C48H30BN3O2/c1-5-15-31(16-6-1)50(32-17-7-2-8-18-32)35-27-39-37-23-13-25-41-45(37)49-46-38(24-14-26-42(46)53-41)40-28-36(30-44-48(40)52(49)47(39)43(29-35)54-44)51(33-19-9-3-10-20-33)34-21-11-4-12-22-34/h1-30H. The zero-order valence-corrected chi connectivity index (χ0v) is 29.1. The Morgan fingerprint density at radius 2 is 0.704 bits per heavy atom. The fourth-order valence-corrected chi connectivity index (χ4v) is 9.02. The van der Waals surface area contributed by atoms with Crippen molar-refractivity contribution in [1.29, 1.82) is 0 Å². The van der Waals surface area contributed by atoms with Crippen molar-refractivity contribution >= 4 is 63.3 Å². The molecule has 6 heteroatoms. The van der Waals surface area contributed by atoms with E-state index in [1.807, 2.05) is 0 Å². The molecule has 8 aromatic carbocycles. The maximum Gasteiger partial charge on any atom is 0.337 e. The Kier molecular flexibility index (Phi) is 6.08. The quantitative estimate of drug-likeness (QED) is 0.162. The van der Waals surface area contributed by atoms with Gasteiger partial charge in [0, 0.05) is 56.9 Å². The Bertz CT molecular complexity index is 2530. The second-order valence-electron chi connectivity index (χ2n) is 14.1. The number of nitrogens with zero attached hydrogens (tertiary/aromatic N) is 3. The van der Waals surface area contributed by atoms with Crippen LogP contribution >= 0.6 is 0 Å². The molecule has 0 atom stereocenters. The normalized spacial score (nSPS) is 13.0. The smallest absolute Gasteiger partial charge is 0.337 e. The Morgan fingerprint density at radius 3 is 1.09 bits per heavy atom. The maximum atomic E-state index is 7.26. The summed E-state index contributed by atoms with van der Waals surface area (Å²) in [5, 5.41) is 0. The average Bonchev–Trinajstić information content (AvgIpc) is 3.23. The molecule has 252 valence electrons. The highest BCUT2D eigenvalue weighted by Crippen LogP contribution is 2.61. The Morgan fingerprint density at radius 1 is 0.333 bits per heavy atom. The number of benzene rings is 8. The molecule has 12 rings (SSSR count). The number of rotatable bonds is 6. The Balaban J connectivity index is 1.15. The molecule has 0 radical (unpaired) electrons. The molecular formula is C48H30BN3O2. The average molecular weight is 692 g/mol. The monoisotopic (exact) mass is 691 g/mol. The number of ether oxygens (including phenoxy) is 2. The van der Waals surface area contributed by atoms with E-state index >= 15 is 0 Å². The van der Waals surface area contributed by atoms with Gasteiger partial charge in [0.05, 0.1) is 22.7 Å². The SMILES string of the molecule is c1ccc(N(c2ccccc2)c2cc3c4c(c2)-c2cccc5c2B2c6c(cccc6-c6cc(N(c7ccccc7)c7ccccc7)cc(c6N24)O3)O5)cc1. The molecule has 0 saturated carbocycles. The number of fused-ring (bicyclic) bond motifs is 2. The minimum absolute atomic E-state index is 0.0621. The van der Waals surface area contributed by atoms with E-state index in [1.165, 1.54) is 22.1 Å². The summed E-state index contributed by atoms with van der Waals surface area (Å²) in [5.41, 5.74) is 15.4. The van der Waals surface area contributed by atoms with Crippen LogP contribution in [0.15, 0.2) is 182 Å². The van der Waals surface area contributed by atoms with E-state index in [4.69, 9.17) is 9.47 Å². The second kappa shape index (κ2) is 11.2. The van der Waals surface area contributed by atoms with E-state index in [0.29, 0.717) is 0 Å². The lowest BCUT2D eigenvalue weighted by Crippen LogP contribution is -2.62. The predicted molar refractivity (Wildman–Crippen MR) is 220 cm³/mol. The van der Waals surface area contributed by atoms with E-state index in [2.05, 4.69) is 197 Å². The number of hydrogen-bond donors (Lipinski definition) is 0. The van der Waals surface area contributed by atoms with Crippen molar-refractivity contribution in [3.05, 3.63) is 182 Å². The first-order valence-corrected chi connectivity index (χ1v) is 18.4. The maximum absolute atomic E-state index is 7.26. The number of anilines is 8. The van der Waals surface area contributed by atoms with Gasteiger partial charge in [-0.2, -0.15) is 0 Å². The molecule has 4 heterocycles. The van der Waals surface area contributed by atoms with Gasteiger partial charge in [-0.15, -0.1) is 0 Å². The van der Waals surface area contributed by atoms with Crippen molar-refractivity contribution < 1.29 is 9.47 Å². The van der Waals surface area contributed by atoms with Crippen molar-refractivity contribution in [1.82, 2.24) is 0 Å². The van der Waals surface area contributed by atoms with E-state index in [9.17, 15) is 0 Å². The third kappa shape index (κ3) is 4.10. The summed E-state index contributed by atoms with van der Waals surface area (Å²) in [4.78, 5) is 7.16. The molecule has 5 nitrogen and oxygen atoms in total. The topological polar surface area (TPSA) is 28.2 Å². The highest BCUT2D eigenvalue weighted by atomic mass is 16.5. The Labute approximate surface area is 313 Å². The molecular weight excluding hydrogens is 661 g/mol. The van der Waals surface area contributed by atoms with Gasteiger partial charge in [0.2, 0.25) is 0 Å². The first-order chi connectivity index (χ1) is 26.8. The van der Waals surface area contributed by atoms with Gasteiger partial charge in [0.15, 0.2) is 11.5 Å². The van der Waals surface area contributed by atoms with Crippen LogP contribution in [0.2, 0.25) is 0 Å². The molecule has 0 N–H and O–H groups in total. The summed E-state index contributed by atoms with van der Waals surface area (Å²) < 4.78 is 14.1. The van der Waals surface area contributed by atoms with Crippen LogP contribution in [-0.4, -0.2) is 6.85 Å². The minimum atomic E-state index is -0.0621.